The number of hydrogen-bond donors (Lipinski definition) is 0. The summed E-state index contributed by atoms with van der Waals surface area (Å²) in [6, 6.07) is 23.1. The smallest absolute Gasteiger partial charge is 0.0444 e. The lowest BCUT2D eigenvalue weighted by Gasteiger charge is -2.14. The molecule has 0 aliphatic heterocycles. The molecule has 1 heteroatoms. The maximum atomic E-state index is 6.29. The molecule has 0 nitrogen and oxygen atoms in total. The van der Waals surface area contributed by atoms with E-state index in [4.69, 9.17) is 11.6 Å². The summed E-state index contributed by atoms with van der Waals surface area (Å²) < 4.78 is 0. The minimum absolute atomic E-state index is 0.304. The predicted molar refractivity (Wildman–Crippen MR) is 82.9 cm³/mol. The van der Waals surface area contributed by atoms with Crippen LogP contribution in [0, 0.1) is 0 Å². The van der Waals surface area contributed by atoms with Crippen molar-refractivity contribution >= 4 is 22.4 Å². The van der Waals surface area contributed by atoms with Crippen molar-refractivity contribution in [3.63, 3.8) is 0 Å². The first-order valence-corrected chi connectivity index (χ1v) is 6.86. The fourth-order valence-corrected chi connectivity index (χ4v) is 2.78. The standard InChI is InChI=1S/C18H15Cl/c1-13(17-8-4-5-9-18(17)19)15-11-10-14-6-2-3-7-16(14)12-15/h2-13H,1H3/t13-/m0/s1. The van der Waals surface area contributed by atoms with E-state index in [-0.39, 0.29) is 0 Å². The van der Waals surface area contributed by atoms with Gasteiger partial charge in [0.1, 0.15) is 0 Å². The summed E-state index contributed by atoms with van der Waals surface area (Å²) in [5, 5.41) is 3.39. The molecule has 0 aliphatic carbocycles. The van der Waals surface area contributed by atoms with E-state index in [0.29, 0.717) is 5.92 Å². The van der Waals surface area contributed by atoms with Gasteiger partial charge in [0.2, 0.25) is 0 Å². The zero-order valence-electron chi connectivity index (χ0n) is 10.8. The van der Waals surface area contributed by atoms with Crippen LogP contribution in [-0.4, -0.2) is 0 Å². The Morgan fingerprint density at radius 2 is 1.47 bits per heavy atom. The molecule has 3 aromatic rings. The quantitative estimate of drug-likeness (QED) is 0.563. The van der Waals surface area contributed by atoms with E-state index >= 15 is 0 Å². The lowest BCUT2D eigenvalue weighted by Crippen LogP contribution is -1.96. The summed E-state index contributed by atoms with van der Waals surface area (Å²) >= 11 is 6.29. The van der Waals surface area contributed by atoms with Crippen LogP contribution in [-0.2, 0) is 0 Å². The first-order valence-electron chi connectivity index (χ1n) is 6.49. The molecule has 0 fully saturated rings. The van der Waals surface area contributed by atoms with Crippen LogP contribution in [0.3, 0.4) is 0 Å². The van der Waals surface area contributed by atoms with E-state index in [9.17, 15) is 0 Å². The third-order valence-corrected chi connectivity index (χ3v) is 3.99. The second-order valence-electron chi connectivity index (χ2n) is 4.85. The van der Waals surface area contributed by atoms with Crippen LogP contribution >= 0.6 is 11.6 Å². The molecule has 0 amide bonds. The average molecular weight is 267 g/mol. The second kappa shape index (κ2) is 5.07. The van der Waals surface area contributed by atoms with Gasteiger partial charge in [0.05, 0.1) is 0 Å². The number of rotatable bonds is 2. The Morgan fingerprint density at radius 1 is 0.789 bits per heavy atom. The second-order valence-corrected chi connectivity index (χ2v) is 5.26. The molecule has 0 heterocycles. The van der Waals surface area contributed by atoms with Crippen LogP contribution in [0.2, 0.25) is 5.02 Å². The van der Waals surface area contributed by atoms with Crippen LogP contribution in [0.5, 0.6) is 0 Å². The van der Waals surface area contributed by atoms with E-state index in [0.717, 1.165) is 5.02 Å². The summed E-state index contributed by atoms with van der Waals surface area (Å²) in [6.45, 7) is 2.20. The molecule has 0 saturated carbocycles. The molecular weight excluding hydrogens is 252 g/mol. The Hall–Kier alpha value is -1.79. The highest BCUT2D eigenvalue weighted by Gasteiger charge is 2.11. The monoisotopic (exact) mass is 266 g/mol. The summed E-state index contributed by atoms with van der Waals surface area (Å²) in [5.74, 6) is 0.304. The summed E-state index contributed by atoms with van der Waals surface area (Å²) in [5.41, 5.74) is 2.48. The summed E-state index contributed by atoms with van der Waals surface area (Å²) in [7, 11) is 0. The highest BCUT2D eigenvalue weighted by atomic mass is 35.5. The van der Waals surface area contributed by atoms with Gasteiger partial charge < -0.3 is 0 Å². The number of hydrogen-bond acceptors (Lipinski definition) is 0. The Balaban J connectivity index is 2.07. The Bertz CT molecular complexity index is 715. The molecule has 3 rings (SSSR count). The van der Waals surface area contributed by atoms with Crippen molar-refractivity contribution in [1.29, 1.82) is 0 Å². The third-order valence-electron chi connectivity index (χ3n) is 3.65. The molecule has 3 aromatic carbocycles. The van der Waals surface area contributed by atoms with Gasteiger partial charge in [-0.3, -0.25) is 0 Å². The van der Waals surface area contributed by atoms with Crippen LogP contribution in [0.25, 0.3) is 10.8 Å². The van der Waals surface area contributed by atoms with Gasteiger partial charge in [-0.2, -0.15) is 0 Å². The van der Waals surface area contributed by atoms with Crippen LogP contribution in [0.4, 0.5) is 0 Å². The SMILES string of the molecule is C[C@@H](c1ccc2ccccc2c1)c1ccccc1Cl. The van der Waals surface area contributed by atoms with Gasteiger partial charge in [-0.1, -0.05) is 79.2 Å². The van der Waals surface area contributed by atoms with E-state index in [1.54, 1.807) is 0 Å². The molecule has 1 atom stereocenters. The minimum Gasteiger partial charge on any atom is -0.0840 e. The average Bonchev–Trinajstić information content (AvgIpc) is 2.46. The van der Waals surface area contributed by atoms with Crippen molar-refractivity contribution in [3.05, 3.63) is 82.9 Å². The molecule has 0 N–H and O–H groups in total. The van der Waals surface area contributed by atoms with Gasteiger partial charge in [0, 0.05) is 10.9 Å². The molecule has 0 bridgehead atoms. The Labute approximate surface area is 118 Å². The lowest BCUT2D eigenvalue weighted by molar-refractivity contribution is 0.925. The first kappa shape index (κ1) is 12.3. The zero-order valence-corrected chi connectivity index (χ0v) is 11.6. The fraction of sp³-hybridized carbons (Fsp3) is 0.111. The fourth-order valence-electron chi connectivity index (χ4n) is 2.48. The third kappa shape index (κ3) is 2.36. The van der Waals surface area contributed by atoms with Crippen molar-refractivity contribution < 1.29 is 0 Å². The molecule has 0 radical (unpaired) electrons. The maximum absolute atomic E-state index is 6.29. The van der Waals surface area contributed by atoms with E-state index in [1.807, 2.05) is 18.2 Å². The molecule has 0 aliphatic rings. The number of benzene rings is 3. The molecule has 0 spiro atoms. The summed E-state index contributed by atoms with van der Waals surface area (Å²) in [4.78, 5) is 0. The maximum Gasteiger partial charge on any atom is 0.0444 e. The van der Waals surface area contributed by atoms with E-state index in [2.05, 4.69) is 55.5 Å². The van der Waals surface area contributed by atoms with Crippen LogP contribution in [0.15, 0.2) is 66.7 Å². The molecule has 0 aromatic heterocycles. The number of fused-ring (bicyclic) bond motifs is 1. The van der Waals surface area contributed by atoms with Crippen molar-refractivity contribution in [3.8, 4) is 0 Å². The topological polar surface area (TPSA) is 0 Å². The van der Waals surface area contributed by atoms with Gasteiger partial charge in [-0.05, 0) is 28.0 Å². The van der Waals surface area contributed by atoms with E-state index < -0.39 is 0 Å². The van der Waals surface area contributed by atoms with Gasteiger partial charge in [0.25, 0.3) is 0 Å². The zero-order chi connectivity index (χ0) is 13.2. The Kier molecular flexibility index (Phi) is 3.27. The highest BCUT2D eigenvalue weighted by Crippen LogP contribution is 2.31. The van der Waals surface area contributed by atoms with Gasteiger partial charge in [0.15, 0.2) is 0 Å². The molecule has 19 heavy (non-hydrogen) atoms. The lowest BCUT2D eigenvalue weighted by atomic mass is 9.91. The van der Waals surface area contributed by atoms with Gasteiger partial charge in [-0.15, -0.1) is 0 Å². The van der Waals surface area contributed by atoms with E-state index in [1.165, 1.54) is 21.9 Å². The van der Waals surface area contributed by atoms with Crippen molar-refractivity contribution in [2.24, 2.45) is 0 Å². The van der Waals surface area contributed by atoms with Gasteiger partial charge >= 0.3 is 0 Å². The Morgan fingerprint density at radius 3 is 2.26 bits per heavy atom. The van der Waals surface area contributed by atoms with Crippen LogP contribution < -0.4 is 0 Å². The van der Waals surface area contributed by atoms with Crippen molar-refractivity contribution in [2.75, 3.05) is 0 Å². The van der Waals surface area contributed by atoms with Crippen molar-refractivity contribution in [2.45, 2.75) is 12.8 Å². The minimum atomic E-state index is 0.304. The highest BCUT2D eigenvalue weighted by molar-refractivity contribution is 6.31. The largest absolute Gasteiger partial charge is 0.0840 e. The first-order chi connectivity index (χ1) is 9.25. The number of halogens is 1. The molecule has 94 valence electrons. The molecular formula is C18H15Cl. The molecule has 0 unspecified atom stereocenters. The summed E-state index contributed by atoms with van der Waals surface area (Å²) in [6.07, 6.45) is 0. The van der Waals surface area contributed by atoms with Crippen molar-refractivity contribution in [1.82, 2.24) is 0 Å². The predicted octanol–water partition coefficient (Wildman–Crippen LogP) is 5.65. The van der Waals surface area contributed by atoms with Crippen LogP contribution in [0.1, 0.15) is 24.0 Å². The normalized spacial score (nSPS) is 12.5. The molecule has 0 saturated heterocycles. The van der Waals surface area contributed by atoms with Gasteiger partial charge in [-0.25, -0.2) is 0 Å².